The number of ether oxygens (including phenoxy) is 2. The van der Waals surface area contributed by atoms with Crippen molar-refractivity contribution in [2.24, 2.45) is 0 Å². The molecule has 0 aliphatic carbocycles. The van der Waals surface area contributed by atoms with Gasteiger partial charge in [0.2, 0.25) is 0 Å². The van der Waals surface area contributed by atoms with Gasteiger partial charge in [0.25, 0.3) is 0 Å². The van der Waals surface area contributed by atoms with Gasteiger partial charge in [-0.05, 0) is 36.6 Å². The molecule has 0 radical (unpaired) electrons. The molecule has 0 aromatic heterocycles. The highest BCUT2D eigenvalue weighted by molar-refractivity contribution is 5.45. The molecular formula is C21H30O4. The van der Waals surface area contributed by atoms with Crippen molar-refractivity contribution in [3.8, 4) is 23.0 Å². The van der Waals surface area contributed by atoms with Crippen LogP contribution in [0.2, 0.25) is 0 Å². The lowest BCUT2D eigenvalue weighted by atomic mass is 10.1. The van der Waals surface area contributed by atoms with Gasteiger partial charge in [0.05, 0.1) is 13.7 Å². The van der Waals surface area contributed by atoms with Crippen LogP contribution in [0, 0.1) is 0 Å². The lowest BCUT2D eigenvalue weighted by molar-refractivity contribution is 0.286. The highest BCUT2D eigenvalue weighted by Gasteiger charge is 2.06. The molecule has 0 atom stereocenters. The van der Waals surface area contributed by atoms with Gasteiger partial charge in [-0.2, -0.15) is 0 Å². The molecule has 0 saturated heterocycles. The standard InChI is InChI=1S/C14H22O2.C7H8O2/c1-3-5-6-7-11-16-14-12(4-2)9-8-10-13(14)15;1-9-7-5-3-2-4-6(7)8/h8-10,15H,3-7,11H2,1-2H3;2-5,8H,1H3. The summed E-state index contributed by atoms with van der Waals surface area (Å²) in [7, 11) is 1.52. The number of benzene rings is 2. The Morgan fingerprint density at radius 1 is 0.840 bits per heavy atom. The summed E-state index contributed by atoms with van der Waals surface area (Å²) in [6, 6.07) is 12.4. The van der Waals surface area contributed by atoms with Gasteiger partial charge in [0.15, 0.2) is 23.0 Å². The molecule has 2 rings (SSSR count). The topological polar surface area (TPSA) is 58.9 Å². The quantitative estimate of drug-likeness (QED) is 0.636. The monoisotopic (exact) mass is 346 g/mol. The Morgan fingerprint density at radius 2 is 1.56 bits per heavy atom. The number of rotatable bonds is 8. The fraction of sp³-hybridized carbons (Fsp3) is 0.429. The Bertz CT molecular complexity index is 611. The molecule has 0 aliphatic heterocycles. The highest BCUT2D eigenvalue weighted by Crippen LogP contribution is 2.30. The van der Waals surface area contributed by atoms with Crippen LogP contribution in [0.15, 0.2) is 42.5 Å². The van der Waals surface area contributed by atoms with Crippen molar-refractivity contribution < 1.29 is 19.7 Å². The SMILES string of the molecule is CCCCCCOc1c(O)cccc1CC.COc1ccccc1O. The molecule has 0 spiro atoms. The van der Waals surface area contributed by atoms with Crippen LogP contribution in [0.1, 0.15) is 45.1 Å². The summed E-state index contributed by atoms with van der Waals surface area (Å²) in [5, 5.41) is 18.7. The van der Waals surface area contributed by atoms with E-state index in [-0.39, 0.29) is 11.5 Å². The Balaban J connectivity index is 0.000000293. The summed E-state index contributed by atoms with van der Waals surface area (Å²) in [4.78, 5) is 0. The first-order valence-corrected chi connectivity index (χ1v) is 8.89. The first-order chi connectivity index (χ1) is 12.1. The van der Waals surface area contributed by atoms with Gasteiger partial charge in [-0.15, -0.1) is 0 Å². The number of hydrogen-bond acceptors (Lipinski definition) is 4. The fourth-order valence-corrected chi connectivity index (χ4v) is 2.35. The van der Waals surface area contributed by atoms with Crippen LogP contribution >= 0.6 is 0 Å². The lowest BCUT2D eigenvalue weighted by Crippen LogP contribution is -2.00. The third kappa shape index (κ3) is 7.38. The Hall–Kier alpha value is -2.36. The van der Waals surface area contributed by atoms with E-state index in [4.69, 9.17) is 14.6 Å². The number of aromatic hydroxyl groups is 2. The molecule has 0 saturated carbocycles. The predicted molar refractivity (Wildman–Crippen MR) is 102 cm³/mol. The molecule has 25 heavy (non-hydrogen) atoms. The van der Waals surface area contributed by atoms with E-state index in [9.17, 15) is 5.11 Å². The number of hydrogen-bond donors (Lipinski definition) is 2. The number of methoxy groups -OCH3 is 1. The predicted octanol–water partition coefficient (Wildman–Crippen LogP) is 5.31. The van der Waals surface area contributed by atoms with Crippen molar-refractivity contribution in [2.45, 2.75) is 46.0 Å². The first-order valence-electron chi connectivity index (χ1n) is 8.89. The van der Waals surface area contributed by atoms with E-state index in [0.717, 1.165) is 18.4 Å². The van der Waals surface area contributed by atoms with Crippen molar-refractivity contribution in [3.63, 3.8) is 0 Å². The van der Waals surface area contributed by atoms with Crippen LogP contribution < -0.4 is 9.47 Å². The second-order valence-electron chi connectivity index (χ2n) is 5.70. The molecule has 2 aromatic carbocycles. The molecule has 4 nitrogen and oxygen atoms in total. The zero-order valence-electron chi connectivity index (χ0n) is 15.5. The van der Waals surface area contributed by atoms with Gasteiger partial charge >= 0.3 is 0 Å². The Kier molecular flexibility index (Phi) is 9.98. The smallest absolute Gasteiger partial charge is 0.164 e. The van der Waals surface area contributed by atoms with Gasteiger partial charge < -0.3 is 19.7 Å². The molecule has 0 unspecified atom stereocenters. The van der Waals surface area contributed by atoms with Crippen molar-refractivity contribution in [1.82, 2.24) is 0 Å². The second-order valence-corrected chi connectivity index (χ2v) is 5.70. The average Bonchev–Trinajstić information content (AvgIpc) is 2.63. The third-order valence-electron chi connectivity index (χ3n) is 3.79. The summed E-state index contributed by atoms with van der Waals surface area (Å²) < 4.78 is 10.5. The molecule has 0 fully saturated rings. The minimum Gasteiger partial charge on any atom is -0.504 e. The van der Waals surface area contributed by atoms with Crippen LogP contribution in [0.5, 0.6) is 23.0 Å². The summed E-state index contributed by atoms with van der Waals surface area (Å²) in [5.41, 5.74) is 1.08. The third-order valence-corrected chi connectivity index (χ3v) is 3.79. The van der Waals surface area contributed by atoms with Crippen molar-refractivity contribution in [1.29, 1.82) is 0 Å². The number of para-hydroxylation sites is 3. The summed E-state index contributed by atoms with van der Waals surface area (Å²) in [6.45, 7) is 4.96. The molecule has 2 N–H and O–H groups in total. The van der Waals surface area contributed by atoms with Crippen molar-refractivity contribution in [2.75, 3.05) is 13.7 Å². The van der Waals surface area contributed by atoms with E-state index >= 15 is 0 Å². The van der Waals surface area contributed by atoms with Gasteiger partial charge in [-0.1, -0.05) is 57.4 Å². The first kappa shape index (κ1) is 20.7. The number of phenols is 2. The molecular weight excluding hydrogens is 316 g/mol. The van der Waals surface area contributed by atoms with Crippen LogP contribution in [0.4, 0.5) is 0 Å². The van der Waals surface area contributed by atoms with Gasteiger partial charge in [0.1, 0.15) is 0 Å². The van der Waals surface area contributed by atoms with Gasteiger partial charge in [-0.25, -0.2) is 0 Å². The normalized spacial score (nSPS) is 9.88. The molecule has 0 aliphatic rings. The van der Waals surface area contributed by atoms with Crippen LogP contribution in [0.3, 0.4) is 0 Å². The van der Waals surface area contributed by atoms with Crippen molar-refractivity contribution in [3.05, 3.63) is 48.0 Å². The molecule has 138 valence electrons. The minimum atomic E-state index is 0.181. The van der Waals surface area contributed by atoms with Gasteiger partial charge in [-0.3, -0.25) is 0 Å². The fourth-order valence-electron chi connectivity index (χ4n) is 2.35. The summed E-state index contributed by atoms with van der Waals surface area (Å²) in [5.74, 6) is 1.62. The molecule has 0 amide bonds. The Morgan fingerprint density at radius 3 is 2.16 bits per heavy atom. The zero-order valence-corrected chi connectivity index (χ0v) is 15.5. The summed E-state index contributed by atoms with van der Waals surface area (Å²) in [6.07, 6.45) is 5.64. The van der Waals surface area contributed by atoms with Crippen molar-refractivity contribution >= 4 is 0 Å². The van der Waals surface area contributed by atoms with E-state index < -0.39 is 0 Å². The average molecular weight is 346 g/mol. The molecule has 0 bridgehead atoms. The number of unbranched alkanes of at least 4 members (excludes halogenated alkanes) is 3. The summed E-state index contributed by atoms with van der Waals surface area (Å²) >= 11 is 0. The lowest BCUT2D eigenvalue weighted by Gasteiger charge is -2.11. The maximum atomic E-state index is 9.70. The van der Waals surface area contributed by atoms with Crippen LogP contribution in [-0.4, -0.2) is 23.9 Å². The van der Waals surface area contributed by atoms with Crippen LogP contribution in [-0.2, 0) is 6.42 Å². The zero-order chi connectivity index (χ0) is 18.5. The Labute approximate surface area is 151 Å². The van der Waals surface area contributed by atoms with E-state index in [1.165, 1.54) is 26.4 Å². The number of aryl methyl sites for hydroxylation is 1. The second kappa shape index (κ2) is 12.1. The van der Waals surface area contributed by atoms with E-state index in [2.05, 4.69) is 13.8 Å². The minimum absolute atomic E-state index is 0.181. The maximum absolute atomic E-state index is 9.70. The molecule has 0 heterocycles. The largest absolute Gasteiger partial charge is 0.504 e. The maximum Gasteiger partial charge on any atom is 0.164 e. The number of phenolic OH excluding ortho intramolecular Hbond substituents is 2. The highest BCUT2D eigenvalue weighted by atomic mass is 16.5. The molecule has 2 aromatic rings. The van der Waals surface area contributed by atoms with Gasteiger partial charge in [0, 0.05) is 0 Å². The molecule has 4 heteroatoms. The van der Waals surface area contributed by atoms with E-state index in [0.29, 0.717) is 18.1 Å². The van der Waals surface area contributed by atoms with E-state index in [1.54, 1.807) is 30.3 Å². The van der Waals surface area contributed by atoms with E-state index in [1.807, 2.05) is 12.1 Å². The van der Waals surface area contributed by atoms with Crippen LogP contribution in [0.25, 0.3) is 0 Å².